The van der Waals surface area contributed by atoms with Gasteiger partial charge in [-0.05, 0) is 43.9 Å². The molecule has 3 rings (SSSR count). The zero-order valence-corrected chi connectivity index (χ0v) is 13.5. The molecular formula is C15H17Cl2FN2O2. The highest BCUT2D eigenvalue weighted by Crippen LogP contribution is 2.34. The number of halogens is 3. The molecule has 2 saturated heterocycles. The number of carbonyl (C=O) groups excluding carboxylic acids is 1. The van der Waals surface area contributed by atoms with Crippen molar-refractivity contribution in [2.24, 2.45) is 0 Å². The van der Waals surface area contributed by atoms with Gasteiger partial charge in [0, 0.05) is 5.02 Å². The quantitative estimate of drug-likeness (QED) is 0.817. The van der Waals surface area contributed by atoms with E-state index >= 15 is 0 Å². The summed E-state index contributed by atoms with van der Waals surface area (Å²) in [5.74, 6) is -0.559. The molecule has 4 atom stereocenters. The molecule has 22 heavy (non-hydrogen) atoms. The summed E-state index contributed by atoms with van der Waals surface area (Å²) in [5.41, 5.74) is 0.489. The Morgan fingerprint density at radius 3 is 2.77 bits per heavy atom. The normalized spacial score (nSPS) is 27.7. The van der Waals surface area contributed by atoms with Crippen molar-refractivity contribution in [2.75, 3.05) is 0 Å². The van der Waals surface area contributed by atoms with Crippen LogP contribution in [0.4, 0.5) is 9.18 Å². The van der Waals surface area contributed by atoms with Gasteiger partial charge in [0.2, 0.25) is 0 Å². The van der Waals surface area contributed by atoms with Gasteiger partial charge in [-0.25, -0.2) is 9.18 Å². The van der Waals surface area contributed by atoms with E-state index < -0.39 is 11.9 Å². The average molecular weight is 347 g/mol. The number of rotatable bonds is 3. The Labute approximate surface area is 138 Å². The maximum absolute atomic E-state index is 13.6. The van der Waals surface area contributed by atoms with E-state index in [4.69, 9.17) is 27.9 Å². The van der Waals surface area contributed by atoms with Crippen molar-refractivity contribution in [3.8, 4) is 0 Å². The number of hydrogen-bond acceptors (Lipinski definition) is 2. The van der Waals surface area contributed by atoms with Crippen LogP contribution in [-0.4, -0.2) is 24.3 Å². The van der Waals surface area contributed by atoms with Gasteiger partial charge in [-0.2, -0.15) is 0 Å². The second-order valence-corrected chi connectivity index (χ2v) is 6.66. The summed E-state index contributed by atoms with van der Waals surface area (Å²) in [5, 5.41) is 5.97. The van der Waals surface area contributed by atoms with E-state index in [-0.39, 0.29) is 29.3 Å². The van der Waals surface area contributed by atoms with Gasteiger partial charge >= 0.3 is 6.03 Å². The van der Waals surface area contributed by atoms with E-state index in [1.54, 1.807) is 6.92 Å². The zero-order valence-electron chi connectivity index (χ0n) is 12.0. The molecule has 0 spiro atoms. The molecule has 2 aliphatic rings. The number of hydrogen-bond donors (Lipinski definition) is 2. The van der Waals surface area contributed by atoms with Crippen molar-refractivity contribution >= 4 is 29.2 Å². The molecule has 2 amide bonds. The van der Waals surface area contributed by atoms with Crippen LogP contribution in [0.5, 0.6) is 0 Å². The Bertz CT molecular complexity index is 599. The number of nitrogens with one attached hydrogen (secondary N) is 2. The Kier molecular flexibility index (Phi) is 4.48. The van der Waals surface area contributed by atoms with Crippen molar-refractivity contribution in [1.29, 1.82) is 0 Å². The van der Waals surface area contributed by atoms with E-state index in [1.165, 1.54) is 12.1 Å². The zero-order chi connectivity index (χ0) is 15.9. The summed E-state index contributed by atoms with van der Waals surface area (Å²) in [7, 11) is 0. The van der Waals surface area contributed by atoms with Crippen molar-refractivity contribution in [3.05, 3.63) is 33.6 Å². The Balaban J connectivity index is 1.60. The first-order chi connectivity index (χ1) is 10.4. The molecule has 2 bridgehead atoms. The van der Waals surface area contributed by atoms with E-state index in [1.807, 2.05) is 0 Å². The largest absolute Gasteiger partial charge is 0.373 e. The van der Waals surface area contributed by atoms with E-state index in [0.29, 0.717) is 10.6 Å². The van der Waals surface area contributed by atoms with Gasteiger partial charge in [0.05, 0.1) is 29.3 Å². The lowest BCUT2D eigenvalue weighted by Crippen LogP contribution is -2.46. The van der Waals surface area contributed by atoms with Gasteiger partial charge in [-0.15, -0.1) is 0 Å². The minimum Gasteiger partial charge on any atom is -0.373 e. The first kappa shape index (κ1) is 15.8. The van der Waals surface area contributed by atoms with Gasteiger partial charge in [0.1, 0.15) is 5.82 Å². The lowest BCUT2D eigenvalue weighted by atomic mass is 9.96. The smallest absolute Gasteiger partial charge is 0.315 e. The standard InChI is InChI=1S/C15H17Cl2FN2O2/c1-7(9-5-12(18)11(17)6-10(9)16)19-15(21)20-13-4-8-2-3-14(13)22-8/h5-8,13-14H,2-4H2,1H3,(H2,19,20,21)/t7?,8-,13+,14+/m0/s1. The van der Waals surface area contributed by atoms with Crippen LogP contribution in [0.15, 0.2) is 12.1 Å². The Hall–Kier alpha value is -1.04. The molecule has 0 radical (unpaired) electrons. The number of carbonyl (C=O) groups is 1. The van der Waals surface area contributed by atoms with Gasteiger partial charge in [0.15, 0.2) is 0 Å². The SMILES string of the molecule is CC(NC(=O)N[C@@H]1C[C@@H]2CC[C@H]1O2)c1cc(F)c(Cl)cc1Cl. The van der Waals surface area contributed by atoms with Gasteiger partial charge < -0.3 is 15.4 Å². The molecule has 1 aromatic carbocycles. The number of ether oxygens (including phenoxy) is 1. The minimum atomic E-state index is -0.559. The third-order valence-corrected chi connectivity index (χ3v) is 4.89. The first-order valence-corrected chi connectivity index (χ1v) is 8.06. The Morgan fingerprint density at radius 1 is 1.36 bits per heavy atom. The maximum atomic E-state index is 13.6. The maximum Gasteiger partial charge on any atom is 0.315 e. The van der Waals surface area contributed by atoms with Crippen LogP contribution in [0.2, 0.25) is 10.0 Å². The number of urea groups is 1. The van der Waals surface area contributed by atoms with Crippen LogP contribution in [0, 0.1) is 5.82 Å². The average Bonchev–Trinajstić information content (AvgIpc) is 3.04. The molecule has 0 saturated carbocycles. The first-order valence-electron chi connectivity index (χ1n) is 7.31. The van der Waals surface area contributed by atoms with Crippen LogP contribution >= 0.6 is 23.2 Å². The number of fused-ring (bicyclic) bond motifs is 2. The van der Waals surface area contributed by atoms with Crippen LogP contribution in [0.3, 0.4) is 0 Å². The number of benzene rings is 1. The molecule has 0 aromatic heterocycles. The van der Waals surface area contributed by atoms with Gasteiger partial charge in [-0.3, -0.25) is 0 Å². The molecular weight excluding hydrogens is 330 g/mol. The predicted octanol–water partition coefficient (Wildman–Crippen LogP) is 3.81. The molecule has 120 valence electrons. The van der Waals surface area contributed by atoms with E-state index in [2.05, 4.69) is 10.6 Å². The van der Waals surface area contributed by atoms with Gasteiger partial charge in [0.25, 0.3) is 0 Å². The lowest BCUT2D eigenvalue weighted by Gasteiger charge is -2.22. The van der Waals surface area contributed by atoms with Crippen LogP contribution < -0.4 is 10.6 Å². The highest BCUT2D eigenvalue weighted by Gasteiger charge is 2.41. The molecule has 7 heteroatoms. The van der Waals surface area contributed by atoms with Gasteiger partial charge in [-0.1, -0.05) is 23.2 Å². The number of amides is 2. The summed E-state index contributed by atoms with van der Waals surface area (Å²) < 4.78 is 19.2. The summed E-state index contributed by atoms with van der Waals surface area (Å²) in [4.78, 5) is 12.1. The third-order valence-electron chi connectivity index (χ3n) is 4.28. The Morgan fingerprint density at radius 2 is 2.14 bits per heavy atom. The highest BCUT2D eigenvalue weighted by molar-refractivity contribution is 6.35. The summed E-state index contributed by atoms with van der Waals surface area (Å²) in [6.45, 7) is 1.74. The fraction of sp³-hybridized carbons (Fsp3) is 0.533. The second-order valence-electron chi connectivity index (χ2n) is 5.84. The monoisotopic (exact) mass is 346 g/mol. The molecule has 2 aliphatic heterocycles. The second kappa shape index (κ2) is 6.22. The minimum absolute atomic E-state index is 0.0375. The van der Waals surface area contributed by atoms with Crippen LogP contribution in [0.25, 0.3) is 0 Å². The fourth-order valence-corrected chi connectivity index (χ4v) is 3.69. The van der Waals surface area contributed by atoms with Crippen molar-refractivity contribution in [1.82, 2.24) is 10.6 Å². The molecule has 4 nitrogen and oxygen atoms in total. The highest BCUT2D eigenvalue weighted by atomic mass is 35.5. The van der Waals surface area contributed by atoms with Crippen molar-refractivity contribution in [2.45, 2.75) is 50.5 Å². The van der Waals surface area contributed by atoms with E-state index in [9.17, 15) is 9.18 Å². The molecule has 2 heterocycles. The summed E-state index contributed by atoms with van der Waals surface area (Å²) >= 11 is 11.7. The topological polar surface area (TPSA) is 50.4 Å². The summed E-state index contributed by atoms with van der Waals surface area (Å²) in [6.07, 6.45) is 3.29. The van der Waals surface area contributed by atoms with E-state index in [0.717, 1.165) is 19.3 Å². The molecule has 0 aliphatic carbocycles. The van der Waals surface area contributed by atoms with Crippen molar-refractivity contribution in [3.63, 3.8) is 0 Å². The summed E-state index contributed by atoms with van der Waals surface area (Å²) in [6, 6.07) is 1.89. The lowest BCUT2D eigenvalue weighted by molar-refractivity contribution is 0.0980. The predicted molar refractivity (Wildman–Crippen MR) is 82.8 cm³/mol. The van der Waals surface area contributed by atoms with Crippen LogP contribution in [0.1, 0.15) is 37.8 Å². The molecule has 1 unspecified atom stereocenters. The van der Waals surface area contributed by atoms with Crippen LogP contribution in [-0.2, 0) is 4.74 Å². The van der Waals surface area contributed by atoms with Crippen molar-refractivity contribution < 1.29 is 13.9 Å². The molecule has 2 N–H and O–H groups in total. The molecule has 2 fully saturated rings. The fourth-order valence-electron chi connectivity index (χ4n) is 3.14. The molecule has 1 aromatic rings. The third kappa shape index (κ3) is 3.16.